The zero-order chi connectivity index (χ0) is 13.3. The number of hydrogen-bond acceptors (Lipinski definition) is 2. The van der Waals surface area contributed by atoms with Gasteiger partial charge in [-0.25, -0.2) is 4.79 Å². The molecule has 0 spiro atoms. The number of aliphatic carboxylic acids is 1. The average molecular weight is 245 g/mol. The van der Waals surface area contributed by atoms with Crippen LogP contribution in [0.3, 0.4) is 0 Å². The quantitative estimate of drug-likeness (QED) is 0.811. The summed E-state index contributed by atoms with van der Waals surface area (Å²) in [5.74, 6) is -1.34. The highest BCUT2D eigenvalue weighted by atomic mass is 16.4. The highest BCUT2D eigenvalue weighted by Crippen LogP contribution is 2.31. The van der Waals surface area contributed by atoms with E-state index < -0.39 is 5.97 Å². The van der Waals surface area contributed by atoms with Crippen LogP contribution in [0.4, 0.5) is 5.69 Å². The number of hydrogen-bond donors (Lipinski definition) is 1. The van der Waals surface area contributed by atoms with Crippen molar-refractivity contribution in [2.75, 3.05) is 4.90 Å². The molecule has 1 aromatic carbocycles. The summed E-state index contributed by atoms with van der Waals surface area (Å²) in [5.41, 5.74) is 2.06. The summed E-state index contributed by atoms with van der Waals surface area (Å²) >= 11 is 0. The van der Waals surface area contributed by atoms with Gasteiger partial charge in [0.2, 0.25) is 0 Å². The van der Waals surface area contributed by atoms with Gasteiger partial charge in [0.1, 0.15) is 0 Å². The number of fused-ring (bicyclic) bond motifs is 1. The van der Waals surface area contributed by atoms with Gasteiger partial charge in [-0.3, -0.25) is 4.79 Å². The molecule has 0 radical (unpaired) electrons. The molecule has 0 bridgehead atoms. The van der Waals surface area contributed by atoms with Crippen LogP contribution in [0.1, 0.15) is 19.4 Å². The Morgan fingerprint density at radius 3 is 2.72 bits per heavy atom. The number of para-hydroxylation sites is 1. The van der Waals surface area contributed by atoms with Crippen LogP contribution in [0, 0.1) is 0 Å². The van der Waals surface area contributed by atoms with Crippen molar-refractivity contribution in [1.82, 2.24) is 0 Å². The number of carbonyl (C=O) groups is 2. The number of nitrogens with zero attached hydrogens (tertiary/aromatic N) is 1. The Morgan fingerprint density at radius 2 is 2.06 bits per heavy atom. The first kappa shape index (κ1) is 12.4. The Bertz CT molecular complexity index is 534. The number of anilines is 1. The number of carbonyl (C=O) groups excluding carboxylic acids is 1. The fraction of sp³-hybridized carbons (Fsp3) is 0.286. The highest BCUT2D eigenvalue weighted by Gasteiger charge is 2.29. The smallest absolute Gasteiger partial charge is 0.331 e. The Labute approximate surface area is 106 Å². The molecular weight excluding hydrogens is 230 g/mol. The Morgan fingerprint density at radius 1 is 1.39 bits per heavy atom. The normalized spacial score (nSPS) is 18.7. The second-order valence-electron chi connectivity index (χ2n) is 4.52. The van der Waals surface area contributed by atoms with Gasteiger partial charge in [0.05, 0.1) is 0 Å². The lowest BCUT2D eigenvalue weighted by molar-refractivity contribution is -0.132. The molecule has 0 fully saturated rings. The summed E-state index contributed by atoms with van der Waals surface area (Å²) in [6, 6.07) is 7.77. The minimum absolute atomic E-state index is 0.0524. The molecule has 94 valence electrons. The van der Waals surface area contributed by atoms with Crippen molar-refractivity contribution < 1.29 is 14.7 Å². The predicted octanol–water partition coefficient (Wildman–Crippen LogP) is 2.00. The molecule has 0 aromatic heterocycles. The number of amides is 1. The van der Waals surface area contributed by atoms with Crippen molar-refractivity contribution in [3.8, 4) is 0 Å². The van der Waals surface area contributed by atoms with Crippen molar-refractivity contribution in [3.05, 3.63) is 41.5 Å². The average Bonchev–Trinajstić information content (AvgIpc) is 2.64. The van der Waals surface area contributed by atoms with Crippen molar-refractivity contribution in [2.45, 2.75) is 26.3 Å². The van der Waals surface area contributed by atoms with Crippen LogP contribution in [0.2, 0.25) is 0 Å². The van der Waals surface area contributed by atoms with Crippen LogP contribution >= 0.6 is 0 Å². The van der Waals surface area contributed by atoms with Gasteiger partial charge in [0.25, 0.3) is 5.91 Å². The van der Waals surface area contributed by atoms with Gasteiger partial charge in [-0.2, -0.15) is 0 Å². The van der Waals surface area contributed by atoms with E-state index >= 15 is 0 Å². The maximum absolute atomic E-state index is 12.1. The second-order valence-corrected chi connectivity index (χ2v) is 4.52. The Balaban J connectivity index is 2.32. The van der Waals surface area contributed by atoms with Gasteiger partial charge in [0, 0.05) is 23.4 Å². The van der Waals surface area contributed by atoms with Crippen LogP contribution < -0.4 is 4.90 Å². The van der Waals surface area contributed by atoms with E-state index in [-0.39, 0.29) is 17.5 Å². The van der Waals surface area contributed by atoms with Crippen LogP contribution in [0.25, 0.3) is 0 Å². The summed E-state index contributed by atoms with van der Waals surface area (Å²) in [6.45, 7) is 3.38. The maximum atomic E-state index is 12.1. The lowest BCUT2D eigenvalue weighted by atomic mass is 10.1. The number of carboxylic acid groups (broad SMARTS) is 1. The van der Waals surface area contributed by atoms with Gasteiger partial charge in [-0.15, -0.1) is 0 Å². The van der Waals surface area contributed by atoms with Crippen LogP contribution in [0.15, 0.2) is 35.9 Å². The molecule has 1 heterocycles. The van der Waals surface area contributed by atoms with E-state index in [1.165, 1.54) is 13.0 Å². The van der Waals surface area contributed by atoms with E-state index in [4.69, 9.17) is 5.11 Å². The first-order valence-electron chi connectivity index (χ1n) is 5.83. The minimum atomic E-state index is -1.07. The topological polar surface area (TPSA) is 57.6 Å². The van der Waals surface area contributed by atoms with Gasteiger partial charge in [-0.05, 0) is 31.9 Å². The van der Waals surface area contributed by atoms with Crippen molar-refractivity contribution in [3.63, 3.8) is 0 Å². The number of carboxylic acids is 1. The minimum Gasteiger partial charge on any atom is -0.478 e. The summed E-state index contributed by atoms with van der Waals surface area (Å²) in [7, 11) is 0. The number of rotatable bonds is 2. The molecule has 1 amide bonds. The molecule has 4 nitrogen and oxygen atoms in total. The molecule has 0 saturated heterocycles. The molecule has 1 unspecified atom stereocenters. The monoisotopic (exact) mass is 245 g/mol. The third-order valence-electron chi connectivity index (χ3n) is 3.12. The molecule has 1 aromatic rings. The summed E-state index contributed by atoms with van der Waals surface area (Å²) < 4.78 is 0. The molecule has 0 aliphatic carbocycles. The van der Waals surface area contributed by atoms with E-state index in [1.54, 1.807) is 4.90 Å². The molecular formula is C14H15NO3. The fourth-order valence-corrected chi connectivity index (χ4v) is 2.22. The van der Waals surface area contributed by atoms with Crippen molar-refractivity contribution >= 4 is 17.6 Å². The van der Waals surface area contributed by atoms with Gasteiger partial charge in [-0.1, -0.05) is 18.2 Å². The van der Waals surface area contributed by atoms with Crippen molar-refractivity contribution in [2.24, 2.45) is 0 Å². The zero-order valence-electron chi connectivity index (χ0n) is 10.4. The molecule has 18 heavy (non-hydrogen) atoms. The number of benzene rings is 1. The fourth-order valence-electron chi connectivity index (χ4n) is 2.22. The van der Waals surface area contributed by atoms with Crippen LogP contribution in [0.5, 0.6) is 0 Å². The van der Waals surface area contributed by atoms with E-state index in [9.17, 15) is 9.59 Å². The summed E-state index contributed by atoms with van der Waals surface area (Å²) in [6.07, 6.45) is 1.99. The highest BCUT2D eigenvalue weighted by molar-refractivity contribution is 6.07. The van der Waals surface area contributed by atoms with Crippen LogP contribution in [-0.2, 0) is 16.0 Å². The standard InChI is InChI=1S/C14H15NO3/c1-9(14(17)18)7-13(16)15-10(2)8-11-5-3-4-6-12(11)15/h3-7,10H,8H2,1-2H3,(H,17,18)/b9-7+. The molecule has 4 heteroatoms. The molecule has 0 saturated carbocycles. The van der Waals surface area contributed by atoms with Crippen molar-refractivity contribution in [1.29, 1.82) is 0 Å². The first-order chi connectivity index (χ1) is 8.50. The largest absolute Gasteiger partial charge is 0.478 e. The maximum Gasteiger partial charge on any atom is 0.331 e. The van der Waals surface area contributed by atoms with Gasteiger partial charge < -0.3 is 10.0 Å². The molecule has 1 aliphatic heterocycles. The summed E-state index contributed by atoms with van der Waals surface area (Å²) in [5, 5.41) is 8.80. The zero-order valence-corrected chi connectivity index (χ0v) is 10.4. The molecule has 2 rings (SSSR count). The molecule has 1 aliphatic rings. The first-order valence-corrected chi connectivity index (χ1v) is 5.83. The van der Waals surface area contributed by atoms with Crippen LogP contribution in [-0.4, -0.2) is 23.0 Å². The van der Waals surface area contributed by atoms with E-state index in [1.807, 2.05) is 31.2 Å². The lowest BCUT2D eigenvalue weighted by Gasteiger charge is -2.21. The van der Waals surface area contributed by atoms with E-state index in [2.05, 4.69) is 0 Å². The molecule has 1 N–H and O–H groups in total. The van der Waals surface area contributed by atoms with E-state index in [0.717, 1.165) is 17.7 Å². The van der Waals surface area contributed by atoms with Gasteiger partial charge >= 0.3 is 5.97 Å². The predicted molar refractivity (Wildman–Crippen MR) is 68.5 cm³/mol. The third kappa shape index (κ3) is 2.14. The SMILES string of the molecule is C/C(=C\C(=O)N1c2ccccc2CC1C)C(=O)O. The second kappa shape index (κ2) is 4.64. The molecule has 1 atom stereocenters. The third-order valence-corrected chi connectivity index (χ3v) is 3.12. The Kier molecular flexibility index (Phi) is 3.19. The Hall–Kier alpha value is -2.10. The van der Waals surface area contributed by atoms with Gasteiger partial charge in [0.15, 0.2) is 0 Å². The summed E-state index contributed by atoms with van der Waals surface area (Å²) in [4.78, 5) is 24.5. The lowest BCUT2D eigenvalue weighted by Crippen LogP contribution is -2.34. The van der Waals surface area contributed by atoms with E-state index in [0.29, 0.717) is 0 Å².